The molecule has 1 aromatic heterocycles. The van der Waals surface area contributed by atoms with Crippen molar-refractivity contribution in [3.05, 3.63) is 101 Å². The first kappa shape index (κ1) is 24.4. The Morgan fingerprint density at radius 3 is 2.71 bits per heavy atom. The van der Waals surface area contributed by atoms with Gasteiger partial charge < -0.3 is 4.74 Å². The van der Waals surface area contributed by atoms with Gasteiger partial charge in [-0.3, -0.25) is 10.1 Å². The lowest BCUT2D eigenvalue weighted by Crippen LogP contribution is -2.15. The molecule has 35 heavy (non-hydrogen) atoms. The summed E-state index contributed by atoms with van der Waals surface area (Å²) in [6.45, 7) is 2.02. The zero-order valence-electron chi connectivity index (χ0n) is 19.3. The molecule has 2 aromatic carbocycles. The van der Waals surface area contributed by atoms with Crippen LogP contribution in [0.25, 0.3) is 11.3 Å². The highest BCUT2D eigenvalue weighted by atomic mass is 32.2. The molecule has 0 saturated heterocycles. The SMILES string of the molecule is COc1ccc(-c2csc(NC(=O)/C=C/C3C=CC(Cc4cccc(C)c4)=CC3=S(=O)=O)n2)cc1. The van der Waals surface area contributed by atoms with Gasteiger partial charge >= 0.3 is 0 Å². The minimum Gasteiger partial charge on any atom is -0.497 e. The van der Waals surface area contributed by atoms with Gasteiger partial charge in [-0.25, -0.2) is 4.98 Å². The molecule has 0 saturated carbocycles. The van der Waals surface area contributed by atoms with Crippen LogP contribution < -0.4 is 10.1 Å². The predicted molar refractivity (Wildman–Crippen MR) is 141 cm³/mol. The summed E-state index contributed by atoms with van der Waals surface area (Å²) < 4.78 is 28.9. The molecule has 1 amide bonds. The van der Waals surface area contributed by atoms with E-state index in [1.807, 2.05) is 60.8 Å². The minimum atomic E-state index is -2.40. The van der Waals surface area contributed by atoms with Gasteiger partial charge in [0.25, 0.3) is 0 Å². The van der Waals surface area contributed by atoms with E-state index in [0.29, 0.717) is 11.6 Å². The molecule has 0 radical (unpaired) electrons. The van der Waals surface area contributed by atoms with Crippen LogP contribution in [0.2, 0.25) is 0 Å². The minimum absolute atomic E-state index is 0.232. The standard InChI is InChI=1S/C27H24N2O4S2/c1-18-4-3-5-19(14-18)15-20-6-7-22(25(16-20)35(31)32)10-13-26(30)29-27-28-24(17-34-27)21-8-11-23(33-2)12-9-21/h3-14,16-17,22H,15H2,1-2H3,(H,28,29,30)/b13-10+. The van der Waals surface area contributed by atoms with Gasteiger partial charge in [-0.05, 0) is 54.8 Å². The van der Waals surface area contributed by atoms with Gasteiger partial charge in [-0.1, -0.05) is 48.1 Å². The quantitative estimate of drug-likeness (QED) is 0.360. The molecule has 3 aromatic rings. The molecule has 0 aliphatic heterocycles. The van der Waals surface area contributed by atoms with Crippen LogP contribution >= 0.6 is 11.3 Å². The van der Waals surface area contributed by atoms with Crippen molar-refractivity contribution >= 4 is 37.5 Å². The van der Waals surface area contributed by atoms with Crippen molar-refractivity contribution in [2.75, 3.05) is 12.4 Å². The summed E-state index contributed by atoms with van der Waals surface area (Å²) in [6, 6.07) is 15.6. The van der Waals surface area contributed by atoms with E-state index >= 15 is 0 Å². The molecular weight excluding hydrogens is 480 g/mol. The Bertz CT molecular complexity index is 1450. The Morgan fingerprint density at radius 1 is 1.20 bits per heavy atom. The summed E-state index contributed by atoms with van der Waals surface area (Å²) in [6.07, 6.45) is 8.94. The zero-order valence-corrected chi connectivity index (χ0v) is 20.9. The topological polar surface area (TPSA) is 85.4 Å². The van der Waals surface area contributed by atoms with E-state index in [4.69, 9.17) is 4.74 Å². The zero-order chi connectivity index (χ0) is 24.8. The predicted octanol–water partition coefficient (Wildman–Crippen LogP) is 5.03. The van der Waals surface area contributed by atoms with Gasteiger partial charge in [0.15, 0.2) is 5.13 Å². The van der Waals surface area contributed by atoms with E-state index in [1.165, 1.54) is 17.4 Å². The van der Waals surface area contributed by atoms with Crippen LogP contribution in [0.4, 0.5) is 5.13 Å². The summed E-state index contributed by atoms with van der Waals surface area (Å²) in [5, 5.41) is 5.06. The van der Waals surface area contributed by atoms with Crippen molar-refractivity contribution in [3.63, 3.8) is 0 Å². The van der Waals surface area contributed by atoms with Crippen molar-refractivity contribution < 1.29 is 17.9 Å². The van der Waals surface area contributed by atoms with Crippen LogP contribution in [-0.4, -0.2) is 31.3 Å². The molecule has 1 unspecified atom stereocenters. The van der Waals surface area contributed by atoms with Crippen LogP contribution in [-0.2, 0) is 21.5 Å². The van der Waals surface area contributed by atoms with Crippen LogP contribution in [0, 0.1) is 12.8 Å². The second-order valence-corrected chi connectivity index (χ2v) is 9.82. The smallest absolute Gasteiger partial charge is 0.249 e. The Labute approximate surface area is 209 Å². The monoisotopic (exact) mass is 504 g/mol. The molecule has 8 heteroatoms. The van der Waals surface area contributed by atoms with Crippen molar-refractivity contribution in [1.82, 2.24) is 4.98 Å². The molecule has 0 bridgehead atoms. The van der Waals surface area contributed by atoms with Crippen molar-refractivity contribution in [3.8, 4) is 17.0 Å². The lowest BCUT2D eigenvalue weighted by Gasteiger charge is -2.14. The lowest BCUT2D eigenvalue weighted by molar-refractivity contribution is -0.111. The van der Waals surface area contributed by atoms with Gasteiger partial charge in [-0.15, -0.1) is 11.3 Å². The number of nitrogens with zero attached hydrogens (tertiary/aromatic N) is 1. The second kappa shape index (κ2) is 11.1. The third-order valence-electron chi connectivity index (χ3n) is 5.43. The fraction of sp³-hybridized carbons (Fsp3) is 0.148. The fourth-order valence-electron chi connectivity index (χ4n) is 3.70. The highest BCUT2D eigenvalue weighted by molar-refractivity contribution is 7.73. The molecule has 178 valence electrons. The Hall–Kier alpha value is -3.75. The summed E-state index contributed by atoms with van der Waals surface area (Å²) in [5.74, 6) is -0.127. The number of thiazole rings is 1. The number of nitrogens with one attached hydrogen (secondary N) is 1. The third-order valence-corrected chi connectivity index (χ3v) is 6.96. The van der Waals surface area contributed by atoms with E-state index in [0.717, 1.165) is 33.7 Å². The molecule has 1 heterocycles. The number of benzene rings is 2. The number of allylic oxidation sites excluding steroid dienone is 5. The maximum absolute atomic E-state index is 12.4. The van der Waals surface area contributed by atoms with Gasteiger partial charge in [0, 0.05) is 22.9 Å². The molecule has 1 aliphatic carbocycles. The molecule has 1 atom stereocenters. The maximum atomic E-state index is 12.4. The Morgan fingerprint density at radius 2 is 2.00 bits per heavy atom. The highest BCUT2D eigenvalue weighted by Gasteiger charge is 2.16. The highest BCUT2D eigenvalue weighted by Crippen LogP contribution is 2.26. The van der Waals surface area contributed by atoms with Crippen LogP contribution in [0.5, 0.6) is 5.75 Å². The Kier molecular flexibility index (Phi) is 7.74. The van der Waals surface area contributed by atoms with Crippen LogP contribution in [0.3, 0.4) is 0 Å². The first-order chi connectivity index (χ1) is 16.9. The molecule has 1 N–H and O–H groups in total. The van der Waals surface area contributed by atoms with E-state index in [9.17, 15) is 13.2 Å². The van der Waals surface area contributed by atoms with E-state index in [2.05, 4.69) is 16.4 Å². The summed E-state index contributed by atoms with van der Waals surface area (Å²) in [7, 11) is -0.792. The summed E-state index contributed by atoms with van der Waals surface area (Å²) >= 11 is 1.32. The van der Waals surface area contributed by atoms with Crippen molar-refractivity contribution in [1.29, 1.82) is 0 Å². The van der Waals surface area contributed by atoms with E-state index in [1.54, 1.807) is 25.3 Å². The van der Waals surface area contributed by atoms with E-state index in [-0.39, 0.29) is 10.8 Å². The second-order valence-electron chi connectivity index (χ2n) is 8.02. The number of methoxy groups -OCH3 is 1. The summed E-state index contributed by atoms with van der Waals surface area (Å²) in [4.78, 5) is 17.1. The Balaban J connectivity index is 1.40. The number of aryl methyl sites for hydroxylation is 1. The number of hydrogen-bond acceptors (Lipinski definition) is 6. The number of amides is 1. The normalized spacial score (nSPS) is 15.2. The van der Waals surface area contributed by atoms with Crippen molar-refractivity contribution in [2.45, 2.75) is 13.3 Å². The van der Waals surface area contributed by atoms with Gasteiger partial charge in [0.1, 0.15) is 5.75 Å². The first-order valence-electron chi connectivity index (χ1n) is 10.9. The first-order valence-corrected chi connectivity index (χ1v) is 12.9. The van der Waals surface area contributed by atoms with Gasteiger partial charge in [0.05, 0.1) is 17.7 Å². The number of ether oxygens (including phenoxy) is 1. The number of carbonyl (C=O) groups is 1. The number of aromatic nitrogens is 1. The molecule has 4 rings (SSSR count). The molecular formula is C27H24N2O4S2. The number of hydrogen-bond donors (Lipinski definition) is 1. The molecule has 0 fully saturated rings. The number of rotatable bonds is 7. The largest absolute Gasteiger partial charge is 0.497 e. The third kappa shape index (κ3) is 6.44. The van der Waals surface area contributed by atoms with Crippen molar-refractivity contribution in [2.24, 2.45) is 5.92 Å². The maximum Gasteiger partial charge on any atom is 0.249 e. The van der Waals surface area contributed by atoms with Crippen LogP contribution in [0.15, 0.2) is 89.9 Å². The average Bonchev–Trinajstić information content (AvgIpc) is 3.31. The van der Waals surface area contributed by atoms with Gasteiger partial charge in [-0.2, -0.15) is 8.42 Å². The lowest BCUT2D eigenvalue weighted by atomic mass is 9.92. The average molecular weight is 505 g/mol. The summed E-state index contributed by atoms with van der Waals surface area (Å²) in [5.41, 5.74) is 4.83. The van der Waals surface area contributed by atoms with Crippen LogP contribution in [0.1, 0.15) is 11.1 Å². The number of anilines is 1. The fourth-order valence-corrected chi connectivity index (χ4v) is 5.05. The number of carbonyl (C=O) groups excluding carboxylic acids is 1. The molecule has 0 spiro atoms. The molecule has 1 aliphatic rings. The molecule has 6 nitrogen and oxygen atoms in total. The van der Waals surface area contributed by atoms with E-state index < -0.39 is 16.2 Å². The van der Waals surface area contributed by atoms with Gasteiger partial charge in [0.2, 0.25) is 16.2 Å².